The van der Waals surface area contributed by atoms with E-state index >= 15 is 0 Å². The molecule has 2 heteroatoms. The number of anilines is 1. The number of allylic oxidation sites excluding steroid dienone is 2. The first-order valence-corrected chi connectivity index (χ1v) is 7.06. The fourth-order valence-corrected chi connectivity index (χ4v) is 2.42. The number of aryl methyl sites for hydroxylation is 1. The van der Waals surface area contributed by atoms with Crippen molar-refractivity contribution in [3.8, 4) is 0 Å². The summed E-state index contributed by atoms with van der Waals surface area (Å²) >= 11 is 0. The molecule has 0 radical (unpaired) electrons. The lowest BCUT2D eigenvalue weighted by molar-refractivity contribution is 0.103. The van der Waals surface area contributed by atoms with Gasteiger partial charge >= 0.3 is 0 Å². The maximum Gasteiger partial charge on any atom is 0.195 e. The Morgan fingerprint density at radius 1 is 1.00 bits per heavy atom. The molecule has 0 spiro atoms. The number of carbonyl (C=O) groups is 1. The third-order valence-electron chi connectivity index (χ3n) is 3.53. The molecule has 0 fully saturated rings. The second-order valence-corrected chi connectivity index (χ2v) is 5.18. The van der Waals surface area contributed by atoms with Crippen LogP contribution in [0.3, 0.4) is 0 Å². The molecule has 2 aromatic rings. The van der Waals surface area contributed by atoms with Gasteiger partial charge in [0.15, 0.2) is 5.78 Å². The van der Waals surface area contributed by atoms with E-state index < -0.39 is 0 Å². The smallest absolute Gasteiger partial charge is 0.195 e. The van der Waals surface area contributed by atoms with E-state index in [4.69, 9.17) is 0 Å². The van der Waals surface area contributed by atoms with Gasteiger partial charge in [0.05, 0.1) is 6.04 Å². The van der Waals surface area contributed by atoms with Crippen molar-refractivity contribution in [2.45, 2.75) is 13.0 Å². The molecule has 0 heterocycles. The van der Waals surface area contributed by atoms with Crippen molar-refractivity contribution in [1.82, 2.24) is 0 Å². The predicted octanol–water partition coefficient (Wildman–Crippen LogP) is 4.13. The van der Waals surface area contributed by atoms with Gasteiger partial charge in [-0.3, -0.25) is 4.79 Å². The van der Waals surface area contributed by atoms with Crippen molar-refractivity contribution in [2.24, 2.45) is 0 Å². The molecular formula is C19H17NO. The van der Waals surface area contributed by atoms with Crippen LogP contribution in [-0.2, 0) is 0 Å². The number of hydrogen-bond acceptors (Lipinski definition) is 2. The molecule has 0 saturated carbocycles. The van der Waals surface area contributed by atoms with Gasteiger partial charge in [-0.15, -0.1) is 0 Å². The molecule has 104 valence electrons. The van der Waals surface area contributed by atoms with Gasteiger partial charge in [0.25, 0.3) is 0 Å². The van der Waals surface area contributed by atoms with Crippen LogP contribution >= 0.6 is 0 Å². The molecule has 0 unspecified atom stereocenters. The molecule has 0 amide bonds. The average Bonchev–Trinajstić information content (AvgIpc) is 3.02. The molecular weight excluding hydrogens is 258 g/mol. The van der Waals surface area contributed by atoms with Crippen LogP contribution in [0.15, 0.2) is 72.8 Å². The van der Waals surface area contributed by atoms with Crippen LogP contribution in [-0.4, -0.2) is 11.8 Å². The van der Waals surface area contributed by atoms with Crippen molar-refractivity contribution >= 4 is 11.5 Å². The minimum atomic E-state index is 0.0488. The molecule has 1 aliphatic carbocycles. The molecule has 0 bridgehead atoms. The normalized spacial score (nSPS) is 13.6. The second-order valence-electron chi connectivity index (χ2n) is 5.18. The summed E-state index contributed by atoms with van der Waals surface area (Å²) in [6.45, 7) is 2.00. The number of rotatable bonds is 4. The third kappa shape index (κ3) is 2.95. The molecule has 0 saturated heterocycles. The SMILES string of the molecule is Cc1ccc(NC2C=CC=C2)c(C(=O)c2ccccc2)c1. The van der Waals surface area contributed by atoms with Crippen LogP contribution in [0.25, 0.3) is 0 Å². The summed E-state index contributed by atoms with van der Waals surface area (Å²) in [7, 11) is 0. The number of carbonyl (C=O) groups excluding carboxylic acids is 1. The van der Waals surface area contributed by atoms with Crippen molar-refractivity contribution in [1.29, 1.82) is 0 Å². The Morgan fingerprint density at radius 3 is 2.43 bits per heavy atom. The zero-order valence-electron chi connectivity index (χ0n) is 11.9. The second kappa shape index (κ2) is 5.80. The van der Waals surface area contributed by atoms with Crippen LogP contribution in [0.5, 0.6) is 0 Å². The van der Waals surface area contributed by atoms with Gasteiger partial charge in [-0.1, -0.05) is 66.3 Å². The van der Waals surface area contributed by atoms with Crippen LogP contribution < -0.4 is 5.32 Å². The molecule has 3 rings (SSSR count). The highest BCUT2D eigenvalue weighted by atomic mass is 16.1. The van der Waals surface area contributed by atoms with E-state index in [1.807, 2.05) is 67.6 Å². The first kappa shape index (κ1) is 13.4. The van der Waals surface area contributed by atoms with Crippen LogP contribution in [0, 0.1) is 6.92 Å². The topological polar surface area (TPSA) is 29.1 Å². The van der Waals surface area contributed by atoms with Gasteiger partial charge in [0, 0.05) is 16.8 Å². The zero-order chi connectivity index (χ0) is 14.7. The maximum absolute atomic E-state index is 12.7. The molecule has 1 N–H and O–H groups in total. The Balaban J connectivity index is 1.96. The summed E-state index contributed by atoms with van der Waals surface area (Å²) in [6.07, 6.45) is 8.14. The van der Waals surface area contributed by atoms with Gasteiger partial charge in [-0.25, -0.2) is 0 Å². The van der Waals surface area contributed by atoms with Crippen molar-refractivity contribution in [3.63, 3.8) is 0 Å². The zero-order valence-corrected chi connectivity index (χ0v) is 11.9. The minimum absolute atomic E-state index is 0.0488. The molecule has 0 atom stereocenters. The van der Waals surface area contributed by atoms with E-state index in [1.54, 1.807) is 0 Å². The number of nitrogens with one attached hydrogen (secondary N) is 1. The third-order valence-corrected chi connectivity index (χ3v) is 3.53. The molecule has 0 aliphatic heterocycles. The van der Waals surface area contributed by atoms with Crippen molar-refractivity contribution < 1.29 is 4.79 Å². The summed E-state index contributed by atoms with van der Waals surface area (Å²) < 4.78 is 0. The van der Waals surface area contributed by atoms with E-state index in [0.717, 1.165) is 16.8 Å². The van der Waals surface area contributed by atoms with Crippen LogP contribution in [0.4, 0.5) is 5.69 Å². The van der Waals surface area contributed by atoms with Gasteiger partial charge in [0.2, 0.25) is 0 Å². The molecule has 2 aromatic carbocycles. The number of hydrogen-bond donors (Lipinski definition) is 1. The summed E-state index contributed by atoms with van der Waals surface area (Å²) in [4.78, 5) is 12.7. The lowest BCUT2D eigenvalue weighted by atomic mass is 9.99. The monoisotopic (exact) mass is 275 g/mol. The van der Waals surface area contributed by atoms with Crippen molar-refractivity contribution in [2.75, 3.05) is 5.32 Å². The summed E-state index contributed by atoms with van der Waals surface area (Å²) in [5, 5.41) is 3.39. The predicted molar refractivity (Wildman–Crippen MR) is 86.7 cm³/mol. The van der Waals surface area contributed by atoms with E-state index in [1.165, 1.54) is 0 Å². The Hall–Kier alpha value is -2.61. The van der Waals surface area contributed by atoms with Crippen molar-refractivity contribution in [3.05, 3.63) is 89.5 Å². The average molecular weight is 275 g/mol. The highest BCUT2D eigenvalue weighted by Crippen LogP contribution is 2.23. The maximum atomic E-state index is 12.7. The molecule has 1 aliphatic rings. The van der Waals surface area contributed by atoms with E-state index in [0.29, 0.717) is 5.56 Å². The van der Waals surface area contributed by atoms with E-state index in [-0.39, 0.29) is 11.8 Å². The summed E-state index contributed by atoms with van der Waals surface area (Å²) in [5.41, 5.74) is 3.38. The Bertz CT molecular complexity index is 702. The van der Waals surface area contributed by atoms with Crippen LogP contribution in [0.1, 0.15) is 21.5 Å². The summed E-state index contributed by atoms with van der Waals surface area (Å²) in [5.74, 6) is 0.0488. The highest BCUT2D eigenvalue weighted by Gasteiger charge is 2.15. The largest absolute Gasteiger partial charge is 0.375 e. The minimum Gasteiger partial charge on any atom is -0.375 e. The Kier molecular flexibility index (Phi) is 3.69. The lowest BCUT2D eigenvalue weighted by Crippen LogP contribution is -2.15. The summed E-state index contributed by atoms with van der Waals surface area (Å²) in [6, 6.07) is 15.5. The standard InChI is InChI=1S/C19H17NO/c1-14-11-12-18(20-16-9-5-6-10-16)17(13-14)19(21)15-7-3-2-4-8-15/h2-13,16,20H,1H3. The van der Waals surface area contributed by atoms with E-state index in [9.17, 15) is 4.79 Å². The fraction of sp³-hybridized carbons (Fsp3) is 0.105. The first-order valence-electron chi connectivity index (χ1n) is 7.06. The molecule has 0 aromatic heterocycles. The van der Waals surface area contributed by atoms with Crippen LogP contribution in [0.2, 0.25) is 0 Å². The Morgan fingerprint density at radius 2 is 1.71 bits per heavy atom. The first-order chi connectivity index (χ1) is 10.2. The highest BCUT2D eigenvalue weighted by molar-refractivity contribution is 6.12. The quantitative estimate of drug-likeness (QED) is 0.850. The van der Waals surface area contributed by atoms with Gasteiger partial charge in [-0.2, -0.15) is 0 Å². The number of ketones is 1. The molecule has 21 heavy (non-hydrogen) atoms. The molecule has 2 nitrogen and oxygen atoms in total. The Labute approximate surface area is 124 Å². The van der Waals surface area contributed by atoms with E-state index in [2.05, 4.69) is 17.5 Å². The van der Waals surface area contributed by atoms with Gasteiger partial charge in [-0.05, 0) is 19.1 Å². The van der Waals surface area contributed by atoms with Gasteiger partial charge < -0.3 is 5.32 Å². The fourth-order valence-electron chi connectivity index (χ4n) is 2.42. The number of benzene rings is 2. The van der Waals surface area contributed by atoms with Gasteiger partial charge in [0.1, 0.15) is 0 Å². The lowest BCUT2D eigenvalue weighted by Gasteiger charge is -2.15.